The Kier molecular flexibility index (Phi) is 5.10. The van der Waals surface area contributed by atoms with Crippen LogP contribution in [0.4, 0.5) is 0 Å². The molecule has 0 atom stereocenters. The summed E-state index contributed by atoms with van der Waals surface area (Å²) < 4.78 is 11.1. The van der Waals surface area contributed by atoms with Crippen molar-refractivity contribution >= 4 is 29.5 Å². The van der Waals surface area contributed by atoms with E-state index in [2.05, 4.69) is 0 Å². The predicted molar refractivity (Wildman–Crippen MR) is 83.9 cm³/mol. The van der Waals surface area contributed by atoms with Crippen LogP contribution in [-0.2, 0) is 6.61 Å². The van der Waals surface area contributed by atoms with Crippen molar-refractivity contribution < 1.29 is 14.3 Å². The molecule has 2 aromatic rings. The summed E-state index contributed by atoms with van der Waals surface area (Å²) in [6.07, 6.45) is 0.776. The number of aryl methyl sites for hydroxylation is 1. The van der Waals surface area contributed by atoms with E-state index in [0.29, 0.717) is 33.7 Å². The molecule has 0 fully saturated rings. The van der Waals surface area contributed by atoms with Crippen molar-refractivity contribution in [1.29, 1.82) is 0 Å². The fourth-order valence-corrected chi connectivity index (χ4v) is 2.28. The number of benzene rings is 2. The van der Waals surface area contributed by atoms with Crippen LogP contribution in [0.15, 0.2) is 30.3 Å². The maximum Gasteiger partial charge on any atom is 0.164 e. The smallest absolute Gasteiger partial charge is 0.164 e. The molecule has 0 aliphatic rings. The Morgan fingerprint density at radius 2 is 1.90 bits per heavy atom. The third kappa shape index (κ3) is 3.69. The summed E-state index contributed by atoms with van der Waals surface area (Å²) >= 11 is 11.9. The number of carbonyl (C=O) groups excluding carboxylic acids is 1. The normalized spacial score (nSPS) is 10.3. The summed E-state index contributed by atoms with van der Waals surface area (Å²) in [4.78, 5) is 10.9. The van der Waals surface area contributed by atoms with Crippen molar-refractivity contribution in [2.24, 2.45) is 0 Å². The van der Waals surface area contributed by atoms with Crippen molar-refractivity contribution in [2.75, 3.05) is 7.11 Å². The van der Waals surface area contributed by atoms with Gasteiger partial charge < -0.3 is 9.47 Å². The second-order valence-electron chi connectivity index (χ2n) is 4.52. The van der Waals surface area contributed by atoms with Crippen LogP contribution in [-0.4, -0.2) is 13.4 Å². The van der Waals surface area contributed by atoms with Crippen LogP contribution in [0, 0.1) is 6.92 Å². The number of methoxy groups -OCH3 is 1. The van der Waals surface area contributed by atoms with E-state index in [0.717, 1.165) is 17.4 Å². The molecule has 110 valence electrons. The Morgan fingerprint density at radius 1 is 1.14 bits per heavy atom. The summed E-state index contributed by atoms with van der Waals surface area (Å²) in [5.41, 5.74) is 2.27. The average Bonchev–Trinajstić information content (AvgIpc) is 2.48. The fraction of sp³-hybridized carbons (Fsp3) is 0.188. The number of carbonyl (C=O) groups is 1. The lowest BCUT2D eigenvalue weighted by molar-refractivity contribution is 0.112. The molecular weight excluding hydrogens is 311 g/mol. The van der Waals surface area contributed by atoms with E-state index in [9.17, 15) is 4.79 Å². The van der Waals surface area contributed by atoms with Gasteiger partial charge in [-0.15, -0.1) is 0 Å². The minimum atomic E-state index is 0.328. The van der Waals surface area contributed by atoms with Gasteiger partial charge in [0.2, 0.25) is 0 Å². The van der Waals surface area contributed by atoms with Gasteiger partial charge in [-0.1, -0.05) is 29.3 Å². The van der Waals surface area contributed by atoms with Gasteiger partial charge in [0.1, 0.15) is 12.9 Å². The molecule has 0 aromatic heterocycles. The highest BCUT2D eigenvalue weighted by atomic mass is 35.5. The largest absolute Gasteiger partial charge is 0.493 e. The number of aldehydes is 1. The minimum absolute atomic E-state index is 0.328. The lowest BCUT2D eigenvalue weighted by Gasteiger charge is -2.14. The molecule has 0 N–H and O–H groups in total. The Bertz CT molecular complexity index is 669. The summed E-state index contributed by atoms with van der Waals surface area (Å²) in [5, 5.41) is 0.988. The van der Waals surface area contributed by atoms with E-state index in [-0.39, 0.29) is 0 Å². The predicted octanol–water partition coefficient (Wildman–Crippen LogP) is 4.70. The third-order valence-electron chi connectivity index (χ3n) is 2.99. The van der Waals surface area contributed by atoms with Gasteiger partial charge in [0.05, 0.1) is 17.2 Å². The van der Waals surface area contributed by atoms with Crippen molar-refractivity contribution in [3.63, 3.8) is 0 Å². The standard InChI is InChI=1S/C16H14Cl2O3/c1-10-5-12(8-19)7-15(20-2)16(10)21-9-11-3-4-13(17)14(18)6-11/h3-8H,9H2,1-2H3. The molecule has 0 spiro atoms. The molecule has 2 rings (SSSR count). The molecule has 0 radical (unpaired) electrons. The summed E-state index contributed by atoms with van der Waals surface area (Å²) in [7, 11) is 1.54. The Hall–Kier alpha value is -1.71. The molecule has 2 aromatic carbocycles. The Labute approximate surface area is 133 Å². The maximum atomic E-state index is 10.9. The van der Waals surface area contributed by atoms with Crippen molar-refractivity contribution in [3.8, 4) is 11.5 Å². The summed E-state index contributed by atoms with van der Waals surface area (Å²) in [5.74, 6) is 1.13. The highest BCUT2D eigenvalue weighted by molar-refractivity contribution is 6.42. The molecular formula is C16H14Cl2O3. The monoisotopic (exact) mass is 324 g/mol. The maximum absolute atomic E-state index is 10.9. The molecule has 0 unspecified atom stereocenters. The summed E-state index contributed by atoms with van der Waals surface area (Å²) in [6.45, 7) is 2.19. The number of hydrogen-bond donors (Lipinski definition) is 0. The van der Waals surface area contributed by atoms with Gasteiger partial charge in [-0.3, -0.25) is 4.79 Å². The van der Waals surface area contributed by atoms with Crippen LogP contribution >= 0.6 is 23.2 Å². The molecule has 0 aliphatic carbocycles. The first-order valence-corrected chi connectivity index (χ1v) is 7.01. The average molecular weight is 325 g/mol. The first-order chi connectivity index (χ1) is 10.0. The topological polar surface area (TPSA) is 35.5 Å². The van der Waals surface area contributed by atoms with E-state index in [1.54, 1.807) is 24.3 Å². The van der Waals surface area contributed by atoms with Crippen molar-refractivity contribution in [1.82, 2.24) is 0 Å². The van der Waals surface area contributed by atoms with Gasteiger partial charge in [-0.2, -0.15) is 0 Å². The van der Waals surface area contributed by atoms with Crippen LogP contribution in [0.3, 0.4) is 0 Å². The van der Waals surface area contributed by atoms with E-state index in [1.165, 1.54) is 7.11 Å². The first-order valence-electron chi connectivity index (χ1n) is 6.25. The van der Waals surface area contributed by atoms with E-state index >= 15 is 0 Å². The molecule has 0 saturated carbocycles. The minimum Gasteiger partial charge on any atom is -0.493 e. The SMILES string of the molecule is COc1cc(C=O)cc(C)c1OCc1ccc(Cl)c(Cl)c1. The molecule has 0 saturated heterocycles. The number of halogens is 2. The zero-order valence-corrected chi connectivity index (χ0v) is 13.2. The Balaban J connectivity index is 2.23. The highest BCUT2D eigenvalue weighted by Crippen LogP contribution is 2.33. The molecule has 0 heterocycles. The number of ether oxygens (including phenoxy) is 2. The van der Waals surface area contributed by atoms with Crippen molar-refractivity contribution in [2.45, 2.75) is 13.5 Å². The van der Waals surface area contributed by atoms with Crippen LogP contribution in [0.25, 0.3) is 0 Å². The molecule has 0 bridgehead atoms. The van der Waals surface area contributed by atoms with Gasteiger partial charge in [-0.05, 0) is 42.3 Å². The number of rotatable bonds is 5. The van der Waals surface area contributed by atoms with Crippen molar-refractivity contribution in [3.05, 3.63) is 57.1 Å². The van der Waals surface area contributed by atoms with Crippen LogP contribution in [0.2, 0.25) is 10.0 Å². The van der Waals surface area contributed by atoms with E-state index < -0.39 is 0 Å². The second-order valence-corrected chi connectivity index (χ2v) is 5.34. The van der Waals surface area contributed by atoms with Gasteiger partial charge >= 0.3 is 0 Å². The lowest BCUT2D eigenvalue weighted by atomic mass is 10.1. The summed E-state index contributed by atoms with van der Waals surface area (Å²) in [6, 6.07) is 8.72. The van der Waals surface area contributed by atoms with Crippen LogP contribution in [0.5, 0.6) is 11.5 Å². The lowest BCUT2D eigenvalue weighted by Crippen LogP contribution is -2.00. The van der Waals surface area contributed by atoms with Crippen LogP contribution < -0.4 is 9.47 Å². The van der Waals surface area contributed by atoms with Gasteiger partial charge in [0.25, 0.3) is 0 Å². The van der Waals surface area contributed by atoms with Crippen LogP contribution in [0.1, 0.15) is 21.5 Å². The zero-order valence-electron chi connectivity index (χ0n) is 11.7. The van der Waals surface area contributed by atoms with E-state index in [1.807, 2.05) is 13.0 Å². The molecule has 5 heteroatoms. The third-order valence-corrected chi connectivity index (χ3v) is 3.73. The second kappa shape index (κ2) is 6.83. The molecule has 3 nitrogen and oxygen atoms in total. The Morgan fingerprint density at radius 3 is 2.52 bits per heavy atom. The molecule has 21 heavy (non-hydrogen) atoms. The number of hydrogen-bond acceptors (Lipinski definition) is 3. The molecule has 0 amide bonds. The molecule has 0 aliphatic heterocycles. The van der Waals surface area contributed by atoms with Gasteiger partial charge in [0.15, 0.2) is 11.5 Å². The fourth-order valence-electron chi connectivity index (χ4n) is 1.96. The quantitative estimate of drug-likeness (QED) is 0.747. The van der Waals surface area contributed by atoms with Gasteiger partial charge in [0, 0.05) is 5.56 Å². The van der Waals surface area contributed by atoms with Gasteiger partial charge in [-0.25, -0.2) is 0 Å². The zero-order chi connectivity index (χ0) is 15.4. The first kappa shape index (κ1) is 15.7. The highest BCUT2D eigenvalue weighted by Gasteiger charge is 2.11. The van der Waals surface area contributed by atoms with E-state index in [4.69, 9.17) is 32.7 Å².